The van der Waals surface area contributed by atoms with Gasteiger partial charge in [-0.15, -0.1) is 11.8 Å². The lowest BCUT2D eigenvalue weighted by molar-refractivity contribution is -0.145. The molecular formula is C25H29NO7S. The first kappa shape index (κ1) is 25.4. The number of benzene rings is 1. The SMILES string of the molecule is CCOC(=O)COc1cc2c(c(OC)c1OC)-c1ccc(SC)c(=O)cc1[C@@H](NC(C)=O)CC2. The normalized spacial score (nSPS) is 14.2. The molecule has 0 aromatic heterocycles. The van der Waals surface area contributed by atoms with E-state index in [4.69, 9.17) is 18.9 Å². The van der Waals surface area contributed by atoms with Gasteiger partial charge in [-0.05, 0) is 60.9 Å². The quantitative estimate of drug-likeness (QED) is 0.446. The molecule has 1 amide bonds. The van der Waals surface area contributed by atoms with Crippen LogP contribution in [-0.2, 0) is 20.7 Å². The molecule has 0 saturated heterocycles. The Morgan fingerprint density at radius 2 is 1.88 bits per heavy atom. The monoisotopic (exact) mass is 487 g/mol. The molecule has 8 nitrogen and oxygen atoms in total. The number of hydrogen-bond acceptors (Lipinski definition) is 8. The molecular weight excluding hydrogens is 458 g/mol. The molecule has 0 saturated carbocycles. The molecule has 2 aromatic carbocycles. The van der Waals surface area contributed by atoms with Crippen LogP contribution in [0.4, 0.5) is 0 Å². The molecule has 0 heterocycles. The fraction of sp³-hybridized carbons (Fsp3) is 0.400. The minimum atomic E-state index is -0.492. The van der Waals surface area contributed by atoms with Crippen LogP contribution >= 0.6 is 11.8 Å². The topological polar surface area (TPSA) is 100 Å². The van der Waals surface area contributed by atoms with Crippen molar-refractivity contribution in [2.45, 2.75) is 37.6 Å². The molecule has 1 atom stereocenters. The highest BCUT2D eigenvalue weighted by Gasteiger charge is 2.29. The third-order valence-electron chi connectivity index (χ3n) is 5.53. The Morgan fingerprint density at radius 1 is 1.15 bits per heavy atom. The van der Waals surface area contributed by atoms with Gasteiger partial charge < -0.3 is 24.3 Å². The van der Waals surface area contributed by atoms with Crippen LogP contribution < -0.4 is 25.0 Å². The number of nitrogens with one attached hydrogen (secondary N) is 1. The minimum absolute atomic E-state index is 0.118. The molecule has 1 aliphatic rings. The van der Waals surface area contributed by atoms with Crippen molar-refractivity contribution in [3.63, 3.8) is 0 Å². The second-order valence-corrected chi connectivity index (χ2v) is 8.49. The first-order valence-corrected chi connectivity index (χ1v) is 12.1. The van der Waals surface area contributed by atoms with Gasteiger partial charge in [0, 0.05) is 12.5 Å². The van der Waals surface area contributed by atoms with Crippen LogP contribution in [0.3, 0.4) is 0 Å². The Kier molecular flexibility index (Phi) is 8.44. The van der Waals surface area contributed by atoms with Crippen molar-refractivity contribution < 1.29 is 28.5 Å². The third-order valence-corrected chi connectivity index (χ3v) is 6.31. The predicted molar refractivity (Wildman–Crippen MR) is 130 cm³/mol. The average Bonchev–Trinajstić information content (AvgIpc) is 3.05. The van der Waals surface area contributed by atoms with Gasteiger partial charge in [0.25, 0.3) is 0 Å². The van der Waals surface area contributed by atoms with Crippen LogP contribution in [0.5, 0.6) is 17.2 Å². The maximum absolute atomic E-state index is 12.9. The fourth-order valence-corrected chi connectivity index (χ4v) is 4.62. The molecule has 0 radical (unpaired) electrons. The van der Waals surface area contributed by atoms with Crippen molar-refractivity contribution in [2.24, 2.45) is 0 Å². The fourth-order valence-electron chi connectivity index (χ4n) is 4.16. The van der Waals surface area contributed by atoms with E-state index in [1.807, 2.05) is 18.4 Å². The number of methoxy groups -OCH3 is 2. The summed E-state index contributed by atoms with van der Waals surface area (Å²) >= 11 is 1.36. The molecule has 182 valence electrons. The summed E-state index contributed by atoms with van der Waals surface area (Å²) in [5.41, 5.74) is 2.99. The van der Waals surface area contributed by atoms with Gasteiger partial charge in [-0.2, -0.15) is 0 Å². The Bertz CT molecular complexity index is 1150. The van der Waals surface area contributed by atoms with Crippen LogP contribution in [0, 0.1) is 0 Å². The van der Waals surface area contributed by atoms with E-state index in [0.717, 1.165) is 16.7 Å². The van der Waals surface area contributed by atoms with E-state index in [9.17, 15) is 14.4 Å². The second-order valence-electron chi connectivity index (χ2n) is 7.64. The number of ether oxygens (including phenoxy) is 4. The lowest BCUT2D eigenvalue weighted by Gasteiger charge is -2.20. The highest BCUT2D eigenvalue weighted by molar-refractivity contribution is 7.98. The molecule has 0 fully saturated rings. The lowest BCUT2D eigenvalue weighted by Crippen LogP contribution is -2.26. The van der Waals surface area contributed by atoms with Crippen molar-refractivity contribution in [3.8, 4) is 28.4 Å². The van der Waals surface area contributed by atoms with Crippen LogP contribution in [0.15, 0.2) is 34.0 Å². The molecule has 2 aromatic rings. The Labute approximate surface area is 202 Å². The van der Waals surface area contributed by atoms with Crippen LogP contribution in [0.1, 0.15) is 37.4 Å². The second kappa shape index (κ2) is 11.3. The van der Waals surface area contributed by atoms with Gasteiger partial charge in [0.1, 0.15) is 0 Å². The van der Waals surface area contributed by atoms with Crippen LogP contribution in [0.2, 0.25) is 0 Å². The van der Waals surface area contributed by atoms with E-state index in [2.05, 4.69) is 5.32 Å². The predicted octanol–water partition coefficient (Wildman–Crippen LogP) is 3.52. The maximum atomic E-state index is 12.9. The summed E-state index contributed by atoms with van der Waals surface area (Å²) < 4.78 is 22.1. The van der Waals surface area contributed by atoms with Crippen LogP contribution in [-0.4, -0.2) is 45.6 Å². The molecule has 0 spiro atoms. The lowest BCUT2D eigenvalue weighted by atomic mass is 9.95. The zero-order valence-corrected chi connectivity index (χ0v) is 20.8. The zero-order valence-electron chi connectivity index (χ0n) is 20.0. The molecule has 1 N–H and O–H groups in total. The van der Waals surface area contributed by atoms with Gasteiger partial charge in [0.05, 0.1) is 31.8 Å². The minimum Gasteiger partial charge on any atom is -0.492 e. The molecule has 3 rings (SSSR count). The van der Waals surface area contributed by atoms with Gasteiger partial charge in [-0.1, -0.05) is 6.07 Å². The Morgan fingerprint density at radius 3 is 2.50 bits per heavy atom. The molecule has 34 heavy (non-hydrogen) atoms. The number of carbonyl (C=O) groups excluding carboxylic acids is 2. The number of esters is 1. The zero-order chi connectivity index (χ0) is 24.8. The van der Waals surface area contributed by atoms with Gasteiger partial charge in [-0.3, -0.25) is 9.59 Å². The highest BCUT2D eigenvalue weighted by atomic mass is 32.2. The van der Waals surface area contributed by atoms with Crippen molar-refractivity contribution in [3.05, 3.63) is 45.6 Å². The van der Waals surface area contributed by atoms with E-state index in [-0.39, 0.29) is 30.6 Å². The third kappa shape index (κ3) is 5.30. The highest BCUT2D eigenvalue weighted by Crippen LogP contribution is 2.50. The summed E-state index contributed by atoms with van der Waals surface area (Å²) in [7, 11) is 3.02. The molecule has 1 aliphatic carbocycles. The number of rotatable bonds is 8. The summed E-state index contributed by atoms with van der Waals surface area (Å²) in [6.45, 7) is 3.16. The first-order chi connectivity index (χ1) is 16.3. The first-order valence-electron chi connectivity index (χ1n) is 10.9. The van der Waals surface area contributed by atoms with Crippen LogP contribution in [0.25, 0.3) is 11.1 Å². The largest absolute Gasteiger partial charge is 0.492 e. The summed E-state index contributed by atoms with van der Waals surface area (Å²) in [6.07, 6.45) is 2.97. The van der Waals surface area contributed by atoms with E-state index in [1.54, 1.807) is 19.1 Å². The number of aryl methyl sites for hydroxylation is 1. The summed E-state index contributed by atoms with van der Waals surface area (Å²) in [4.78, 5) is 37.3. The van der Waals surface area contributed by atoms with Gasteiger partial charge in [-0.25, -0.2) is 4.79 Å². The summed E-state index contributed by atoms with van der Waals surface area (Å²) in [5.74, 6) is 0.421. The van der Waals surface area contributed by atoms with Crippen molar-refractivity contribution in [1.29, 1.82) is 0 Å². The van der Waals surface area contributed by atoms with Gasteiger partial charge in [0.15, 0.2) is 23.5 Å². The number of hydrogen-bond donors (Lipinski definition) is 1. The van der Waals surface area contributed by atoms with Crippen molar-refractivity contribution in [1.82, 2.24) is 5.32 Å². The number of thioether (sulfide) groups is 1. The molecule has 0 aliphatic heterocycles. The Hall–Kier alpha value is -3.20. The van der Waals surface area contributed by atoms with Gasteiger partial charge in [0.2, 0.25) is 11.7 Å². The number of amides is 1. The average molecular weight is 488 g/mol. The van der Waals surface area contributed by atoms with Gasteiger partial charge >= 0.3 is 5.97 Å². The smallest absolute Gasteiger partial charge is 0.344 e. The number of carbonyl (C=O) groups is 2. The van der Waals surface area contributed by atoms with E-state index in [1.165, 1.54) is 32.9 Å². The molecule has 9 heteroatoms. The maximum Gasteiger partial charge on any atom is 0.344 e. The standard InChI is InChI=1S/C25H29NO7S/c1-6-32-22(29)13-33-20-11-15-7-9-18(26-14(2)27)17-12-19(28)21(34-5)10-8-16(17)23(15)25(31-4)24(20)30-3/h8,10-12,18H,6-7,9,13H2,1-5H3,(H,26,27)/t18-/m0/s1. The summed E-state index contributed by atoms with van der Waals surface area (Å²) in [6, 6.07) is 6.70. The number of fused-ring (bicyclic) bond motifs is 3. The van der Waals surface area contributed by atoms with E-state index < -0.39 is 5.97 Å². The Balaban J connectivity index is 2.26. The van der Waals surface area contributed by atoms with Crippen molar-refractivity contribution >= 4 is 23.6 Å². The molecule has 0 unspecified atom stereocenters. The van der Waals surface area contributed by atoms with E-state index >= 15 is 0 Å². The van der Waals surface area contributed by atoms with E-state index in [0.29, 0.717) is 40.5 Å². The molecule has 0 bridgehead atoms. The summed E-state index contributed by atoms with van der Waals surface area (Å²) in [5, 5.41) is 2.98. The van der Waals surface area contributed by atoms with Crippen molar-refractivity contribution in [2.75, 3.05) is 33.7 Å².